The third-order valence-electron chi connectivity index (χ3n) is 5.34. The second-order valence-electron chi connectivity index (χ2n) is 7.34. The van der Waals surface area contributed by atoms with Crippen LogP contribution in [0.3, 0.4) is 0 Å². The zero-order valence-corrected chi connectivity index (χ0v) is 17.1. The van der Waals surface area contributed by atoms with E-state index in [0.717, 1.165) is 41.7 Å². The molecule has 0 bridgehead atoms. The maximum Gasteiger partial charge on any atom is 0.160 e. The second-order valence-corrected chi connectivity index (χ2v) is 8.19. The van der Waals surface area contributed by atoms with E-state index >= 15 is 0 Å². The van der Waals surface area contributed by atoms with Gasteiger partial charge in [-0.2, -0.15) is 0 Å². The zero-order chi connectivity index (χ0) is 18.8. The molecule has 0 aromatic heterocycles. The molecule has 3 atom stereocenters. The number of aliphatic hydroxyl groups is 1. The molecule has 0 amide bonds. The summed E-state index contributed by atoms with van der Waals surface area (Å²) in [7, 11) is 1.62. The maximum absolute atomic E-state index is 10.1. The Bertz CT molecular complexity index is 807. The molecule has 144 valence electrons. The fraction of sp³-hybridized carbons (Fsp3) is 0.455. The Morgan fingerprint density at radius 1 is 1.19 bits per heavy atom. The Morgan fingerprint density at radius 2 is 2.07 bits per heavy atom. The average Bonchev–Trinajstić information content (AvgIpc) is 2.69. The molecule has 4 rings (SSSR count). The van der Waals surface area contributed by atoms with Gasteiger partial charge in [-0.15, -0.1) is 0 Å². The molecule has 1 fully saturated rings. The molecule has 0 aliphatic carbocycles. The van der Waals surface area contributed by atoms with Crippen LogP contribution in [0.25, 0.3) is 0 Å². The maximum atomic E-state index is 10.1. The number of methoxy groups -OCH3 is 1. The van der Waals surface area contributed by atoms with Crippen molar-refractivity contribution in [1.82, 2.24) is 0 Å². The topological polar surface area (TPSA) is 47.9 Å². The van der Waals surface area contributed by atoms with Gasteiger partial charge < -0.3 is 19.3 Å². The van der Waals surface area contributed by atoms with Crippen molar-refractivity contribution in [3.05, 3.63) is 63.1 Å². The molecule has 0 saturated carbocycles. The van der Waals surface area contributed by atoms with E-state index in [1.807, 2.05) is 0 Å². The molecule has 27 heavy (non-hydrogen) atoms. The van der Waals surface area contributed by atoms with Gasteiger partial charge in [-0.25, -0.2) is 0 Å². The third-order valence-corrected chi connectivity index (χ3v) is 6.11. The highest BCUT2D eigenvalue weighted by atomic mass is 79.9. The summed E-state index contributed by atoms with van der Waals surface area (Å²) in [6, 6.07) is 12.8. The summed E-state index contributed by atoms with van der Waals surface area (Å²) in [6.45, 7) is 0.815. The first kappa shape index (κ1) is 18.9. The number of ether oxygens (including phenoxy) is 3. The summed E-state index contributed by atoms with van der Waals surface area (Å²) in [4.78, 5) is 0. The Labute approximate surface area is 168 Å². The Morgan fingerprint density at radius 3 is 2.93 bits per heavy atom. The number of aliphatic hydroxyl groups excluding tert-OH is 1. The van der Waals surface area contributed by atoms with Crippen molar-refractivity contribution in [3.63, 3.8) is 0 Å². The van der Waals surface area contributed by atoms with Gasteiger partial charge in [-0.1, -0.05) is 40.2 Å². The lowest BCUT2D eigenvalue weighted by Gasteiger charge is -2.32. The molecule has 4 nitrogen and oxygen atoms in total. The molecular formula is C22H25BrO4. The molecule has 1 N–H and O–H groups in total. The van der Waals surface area contributed by atoms with Gasteiger partial charge in [0.25, 0.3) is 0 Å². The van der Waals surface area contributed by atoms with Crippen LogP contribution >= 0.6 is 15.9 Å². The second kappa shape index (κ2) is 8.31. The van der Waals surface area contributed by atoms with E-state index in [1.54, 1.807) is 7.11 Å². The number of benzene rings is 2. The van der Waals surface area contributed by atoms with Gasteiger partial charge in [-0.05, 0) is 53.6 Å². The van der Waals surface area contributed by atoms with Gasteiger partial charge in [0.15, 0.2) is 6.29 Å². The van der Waals surface area contributed by atoms with Crippen molar-refractivity contribution in [2.24, 2.45) is 0 Å². The van der Waals surface area contributed by atoms with Crippen molar-refractivity contribution in [1.29, 1.82) is 0 Å². The molecule has 1 saturated heterocycles. The van der Waals surface area contributed by atoms with Crippen molar-refractivity contribution in [2.75, 3.05) is 13.7 Å². The van der Waals surface area contributed by atoms with E-state index in [1.165, 1.54) is 16.7 Å². The highest BCUT2D eigenvalue weighted by molar-refractivity contribution is 9.10. The van der Waals surface area contributed by atoms with Crippen LogP contribution in [-0.2, 0) is 22.3 Å². The zero-order valence-electron chi connectivity index (χ0n) is 15.5. The summed E-state index contributed by atoms with van der Waals surface area (Å²) < 4.78 is 18.1. The minimum atomic E-state index is -0.401. The lowest BCUT2D eigenvalue weighted by Crippen LogP contribution is -2.32. The van der Waals surface area contributed by atoms with Crippen LogP contribution in [0.2, 0.25) is 0 Å². The van der Waals surface area contributed by atoms with Gasteiger partial charge >= 0.3 is 0 Å². The number of rotatable bonds is 4. The molecule has 5 heteroatoms. The van der Waals surface area contributed by atoms with Crippen molar-refractivity contribution in [3.8, 4) is 5.75 Å². The Kier molecular flexibility index (Phi) is 5.83. The van der Waals surface area contributed by atoms with Crippen LogP contribution in [-0.4, -0.2) is 31.2 Å². The quantitative estimate of drug-likeness (QED) is 0.769. The Balaban J connectivity index is 1.56. The van der Waals surface area contributed by atoms with Gasteiger partial charge in [0.2, 0.25) is 0 Å². The van der Waals surface area contributed by atoms with Gasteiger partial charge in [-0.3, -0.25) is 0 Å². The van der Waals surface area contributed by atoms with E-state index < -0.39 is 6.10 Å². The smallest absolute Gasteiger partial charge is 0.160 e. The number of hydrogen-bond donors (Lipinski definition) is 1. The lowest BCUT2D eigenvalue weighted by molar-refractivity contribution is -0.205. The van der Waals surface area contributed by atoms with Crippen LogP contribution < -0.4 is 4.74 Å². The first-order valence-electron chi connectivity index (χ1n) is 9.51. The molecule has 2 heterocycles. The molecular weight excluding hydrogens is 408 g/mol. The average molecular weight is 433 g/mol. The fourth-order valence-electron chi connectivity index (χ4n) is 3.90. The van der Waals surface area contributed by atoms with E-state index in [9.17, 15) is 5.11 Å². The summed E-state index contributed by atoms with van der Waals surface area (Å²) in [5, 5.41) is 10.1. The van der Waals surface area contributed by atoms with Crippen LogP contribution in [0.15, 0.2) is 40.9 Å². The van der Waals surface area contributed by atoms with Gasteiger partial charge in [0, 0.05) is 24.4 Å². The predicted molar refractivity (Wildman–Crippen MR) is 107 cm³/mol. The van der Waals surface area contributed by atoms with Crippen LogP contribution in [0.5, 0.6) is 5.75 Å². The summed E-state index contributed by atoms with van der Waals surface area (Å²) in [5.41, 5.74) is 4.86. The van der Waals surface area contributed by atoms with E-state index in [4.69, 9.17) is 14.2 Å². The molecule has 2 aliphatic heterocycles. The summed E-state index contributed by atoms with van der Waals surface area (Å²) >= 11 is 3.68. The van der Waals surface area contributed by atoms with E-state index in [2.05, 4.69) is 52.3 Å². The number of aryl methyl sites for hydroxylation is 1. The standard InChI is InChI=1S/C22H25BrO4/c1-25-22-13-18(24)12-21(27-22)16-5-6-19(23)17(11-16)10-14-4-7-20-15(9-14)3-2-8-26-20/h4-7,9,11,18,21-22,24H,2-3,8,10,12-13H2,1H3. The highest BCUT2D eigenvalue weighted by Crippen LogP contribution is 2.34. The normalized spacial score (nSPS) is 24.9. The fourth-order valence-corrected chi connectivity index (χ4v) is 4.29. The Hall–Kier alpha value is -1.40. The number of halogens is 1. The van der Waals surface area contributed by atoms with Crippen molar-refractivity contribution >= 4 is 15.9 Å². The number of hydrogen-bond acceptors (Lipinski definition) is 4. The molecule has 2 aromatic rings. The molecule has 2 aromatic carbocycles. The third kappa shape index (κ3) is 4.37. The molecule has 3 unspecified atom stereocenters. The van der Waals surface area contributed by atoms with Crippen LogP contribution in [0, 0.1) is 0 Å². The van der Waals surface area contributed by atoms with E-state index in [0.29, 0.717) is 12.8 Å². The SMILES string of the molecule is COC1CC(O)CC(c2ccc(Br)c(Cc3ccc4c(c3)CCCO4)c2)O1. The minimum Gasteiger partial charge on any atom is -0.493 e. The van der Waals surface area contributed by atoms with Crippen molar-refractivity contribution < 1.29 is 19.3 Å². The van der Waals surface area contributed by atoms with Crippen LogP contribution in [0.1, 0.15) is 47.6 Å². The molecule has 0 spiro atoms. The molecule has 2 aliphatic rings. The predicted octanol–water partition coefficient (Wildman–Crippen LogP) is 4.55. The first-order valence-corrected chi connectivity index (χ1v) is 10.3. The first-order chi connectivity index (χ1) is 13.1. The monoisotopic (exact) mass is 432 g/mol. The molecule has 0 radical (unpaired) electrons. The van der Waals surface area contributed by atoms with Gasteiger partial charge in [0.1, 0.15) is 5.75 Å². The summed E-state index contributed by atoms with van der Waals surface area (Å²) in [5.74, 6) is 1.02. The van der Waals surface area contributed by atoms with Crippen LogP contribution in [0.4, 0.5) is 0 Å². The van der Waals surface area contributed by atoms with Gasteiger partial charge in [0.05, 0.1) is 18.8 Å². The van der Waals surface area contributed by atoms with E-state index in [-0.39, 0.29) is 12.4 Å². The minimum absolute atomic E-state index is 0.150. The highest BCUT2D eigenvalue weighted by Gasteiger charge is 2.29. The number of fused-ring (bicyclic) bond motifs is 1. The lowest BCUT2D eigenvalue weighted by atomic mass is 9.94. The van der Waals surface area contributed by atoms with Crippen molar-refractivity contribution in [2.45, 2.75) is 50.6 Å². The largest absolute Gasteiger partial charge is 0.493 e. The summed E-state index contributed by atoms with van der Waals surface area (Å²) in [6.07, 6.45) is 3.21.